The molecule has 3 rings (SSSR count). The SMILES string of the molecule is CCOc1cccc([C@@H]2C[C@H]2N=C(N)NC2CCCCC2)c1.I. The van der Waals surface area contributed by atoms with E-state index in [-0.39, 0.29) is 24.0 Å². The highest BCUT2D eigenvalue weighted by atomic mass is 127. The Bertz CT molecular complexity index is 529. The average Bonchev–Trinajstić information content (AvgIpc) is 3.28. The largest absolute Gasteiger partial charge is 0.494 e. The third-order valence-electron chi connectivity index (χ3n) is 4.62. The second-order valence-corrected chi connectivity index (χ2v) is 6.41. The first kappa shape index (κ1) is 18.4. The molecule has 1 aromatic rings. The Morgan fingerprint density at radius 2 is 2.09 bits per heavy atom. The van der Waals surface area contributed by atoms with Gasteiger partial charge in [0.2, 0.25) is 0 Å². The quantitative estimate of drug-likeness (QED) is 0.425. The van der Waals surface area contributed by atoms with Crippen LogP contribution < -0.4 is 15.8 Å². The van der Waals surface area contributed by atoms with Gasteiger partial charge in [-0.05, 0) is 43.9 Å². The maximum atomic E-state index is 6.08. The standard InChI is InChI=1S/C18H27N3O.HI/c1-2-22-15-10-6-7-13(11-15)16-12-17(16)21-18(19)20-14-8-4-3-5-9-14;/h6-7,10-11,14,16-17H,2-5,8-9,12H2,1H3,(H3,19,20,21);1H/t16-,17+;/m0./s1. The van der Waals surface area contributed by atoms with Gasteiger partial charge >= 0.3 is 0 Å². The molecule has 0 bridgehead atoms. The van der Waals surface area contributed by atoms with Gasteiger partial charge in [0, 0.05) is 12.0 Å². The second kappa shape index (κ2) is 8.76. The van der Waals surface area contributed by atoms with E-state index in [0.29, 0.717) is 30.6 Å². The molecule has 2 saturated carbocycles. The van der Waals surface area contributed by atoms with Crippen LogP contribution in [-0.4, -0.2) is 24.7 Å². The van der Waals surface area contributed by atoms with Crippen molar-refractivity contribution in [3.05, 3.63) is 29.8 Å². The predicted molar refractivity (Wildman–Crippen MR) is 106 cm³/mol. The van der Waals surface area contributed by atoms with E-state index in [1.165, 1.54) is 37.7 Å². The van der Waals surface area contributed by atoms with E-state index < -0.39 is 0 Å². The molecule has 0 saturated heterocycles. The number of nitrogens with one attached hydrogen (secondary N) is 1. The molecule has 0 unspecified atom stereocenters. The Labute approximate surface area is 156 Å². The third kappa shape index (κ3) is 5.26. The number of hydrogen-bond acceptors (Lipinski definition) is 2. The first-order valence-electron chi connectivity index (χ1n) is 8.59. The van der Waals surface area contributed by atoms with Crippen LogP contribution in [0.4, 0.5) is 0 Å². The van der Waals surface area contributed by atoms with Gasteiger partial charge in [-0.3, -0.25) is 0 Å². The average molecular weight is 429 g/mol. The van der Waals surface area contributed by atoms with E-state index >= 15 is 0 Å². The molecule has 0 aromatic heterocycles. The maximum Gasteiger partial charge on any atom is 0.189 e. The molecule has 2 aliphatic rings. The summed E-state index contributed by atoms with van der Waals surface area (Å²) in [4.78, 5) is 4.66. The summed E-state index contributed by atoms with van der Waals surface area (Å²) in [5.74, 6) is 2.07. The Kier molecular flexibility index (Phi) is 6.99. The maximum absolute atomic E-state index is 6.08. The Morgan fingerprint density at radius 3 is 2.83 bits per heavy atom. The van der Waals surface area contributed by atoms with E-state index in [9.17, 15) is 0 Å². The summed E-state index contributed by atoms with van der Waals surface area (Å²) in [6, 6.07) is 9.21. The van der Waals surface area contributed by atoms with Crippen LogP contribution in [-0.2, 0) is 0 Å². The molecule has 1 aromatic carbocycles. The highest BCUT2D eigenvalue weighted by Crippen LogP contribution is 2.44. The van der Waals surface area contributed by atoms with Crippen molar-refractivity contribution in [1.82, 2.24) is 5.32 Å². The second-order valence-electron chi connectivity index (χ2n) is 6.41. The van der Waals surface area contributed by atoms with E-state index in [1.807, 2.05) is 13.0 Å². The summed E-state index contributed by atoms with van der Waals surface area (Å²) >= 11 is 0. The molecule has 2 atom stereocenters. The van der Waals surface area contributed by atoms with Crippen molar-refractivity contribution in [1.29, 1.82) is 0 Å². The predicted octanol–water partition coefficient (Wildman–Crippen LogP) is 3.80. The van der Waals surface area contributed by atoms with Gasteiger partial charge in [0.15, 0.2) is 5.96 Å². The summed E-state index contributed by atoms with van der Waals surface area (Å²) in [6.45, 7) is 2.71. The zero-order valence-electron chi connectivity index (χ0n) is 13.8. The zero-order chi connectivity index (χ0) is 15.4. The molecule has 0 aliphatic heterocycles. The van der Waals surface area contributed by atoms with Crippen LogP contribution in [0.25, 0.3) is 0 Å². The van der Waals surface area contributed by atoms with E-state index in [0.717, 1.165) is 12.2 Å². The van der Waals surface area contributed by atoms with E-state index in [1.54, 1.807) is 0 Å². The van der Waals surface area contributed by atoms with Crippen LogP contribution in [0.3, 0.4) is 0 Å². The lowest BCUT2D eigenvalue weighted by atomic mass is 9.96. The molecular weight excluding hydrogens is 401 g/mol. The van der Waals surface area contributed by atoms with Gasteiger partial charge in [0.05, 0.1) is 12.6 Å². The van der Waals surface area contributed by atoms with Crippen molar-refractivity contribution in [2.75, 3.05) is 6.61 Å². The molecule has 3 N–H and O–H groups in total. The number of halogens is 1. The molecule has 128 valence electrons. The van der Waals surface area contributed by atoms with Gasteiger partial charge in [-0.15, -0.1) is 24.0 Å². The summed E-state index contributed by atoms with van der Waals surface area (Å²) in [5, 5.41) is 3.40. The van der Waals surface area contributed by atoms with Crippen molar-refractivity contribution in [2.24, 2.45) is 10.7 Å². The lowest BCUT2D eigenvalue weighted by Gasteiger charge is -2.23. The van der Waals surface area contributed by atoms with Crippen molar-refractivity contribution in [2.45, 2.75) is 63.5 Å². The number of rotatable bonds is 5. The van der Waals surface area contributed by atoms with Crippen LogP contribution in [0.2, 0.25) is 0 Å². The first-order chi connectivity index (χ1) is 10.8. The normalized spacial score (nSPS) is 24.7. The molecule has 4 nitrogen and oxygen atoms in total. The van der Waals surface area contributed by atoms with Gasteiger partial charge in [-0.1, -0.05) is 31.4 Å². The summed E-state index contributed by atoms with van der Waals surface area (Å²) in [7, 11) is 0. The molecule has 0 heterocycles. The van der Waals surface area contributed by atoms with Gasteiger partial charge in [-0.2, -0.15) is 0 Å². The summed E-state index contributed by atoms with van der Waals surface area (Å²) < 4.78 is 5.57. The Hall–Kier alpha value is -0.980. The van der Waals surface area contributed by atoms with Crippen molar-refractivity contribution in [3.63, 3.8) is 0 Å². The molecule has 0 radical (unpaired) electrons. The minimum atomic E-state index is 0. The van der Waals surface area contributed by atoms with Gasteiger partial charge in [0.25, 0.3) is 0 Å². The number of benzene rings is 1. The van der Waals surface area contributed by atoms with Crippen molar-refractivity contribution in [3.8, 4) is 5.75 Å². The minimum Gasteiger partial charge on any atom is -0.494 e. The molecule has 2 aliphatic carbocycles. The molecular formula is C18H28IN3O. The van der Waals surface area contributed by atoms with Crippen LogP contribution in [0, 0.1) is 0 Å². The lowest BCUT2D eigenvalue weighted by Crippen LogP contribution is -2.41. The number of ether oxygens (including phenoxy) is 1. The fraction of sp³-hybridized carbons (Fsp3) is 0.611. The van der Waals surface area contributed by atoms with Crippen molar-refractivity contribution < 1.29 is 4.74 Å². The Balaban J connectivity index is 0.00000192. The number of nitrogens with zero attached hydrogens (tertiary/aromatic N) is 1. The molecule has 23 heavy (non-hydrogen) atoms. The minimum absolute atomic E-state index is 0. The van der Waals surface area contributed by atoms with Crippen molar-refractivity contribution >= 4 is 29.9 Å². The van der Waals surface area contributed by atoms with Gasteiger partial charge in [0.1, 0.15) is 5.75 Å². The van der Waals surface area contributed by atoms with Crippen LogP contribution >= 0.6 is 24.0 Å². The number of hydrogen-bond donors (Lipinski definition) is 2. The fourth-order valence-electron chi connectivity index (χ4n) is 3.36. The van der Waals surface area contributed by atoms with Gasteiger partial charge < -0.3 is 15.8 Å². The highest BCUT2D eigenvalue weighted by molar-refractivity contribution is 14.0. The molecule has 5 heteroatoms. The Morgan fingerprint density at radius 1 is 1.30 bits per heavy atom. The summed E-state index contributed by atoms with van der Waals surface area (Å²) in [6.07, 6.45) is 7.50. The zero-order valence-corrected chi connectivity index (χ0v) is 16.2. The number of aliphatic imine (C=N–C) groups is 1. The monoisotopic (exact) mass is 429 g/mol. The first-order valence-corrected chi connectivity index (χ1v) is 8.59. The molecule has 0 spiro atoms. The third-order valence-corrected chi connectivity index (χ3v) is 4.62. The molecule has 2 fully saturated rings. The van der Waals surface area contributed by atoms with E-state index in [2.05, 4.69) is 28.5 Å². The smallest absolute Gasteiger partial charge is 0.189 e. The number of nitrogens with two attached hydrogens (primary N) is 1. The van der Waals surface area contributed by atoms with Gasteiger partial charge in [-0.25, -0.2) is 4.99 Å². The van der Waals surface area contributed by atoms with Crippen LogP contribution in [0.1, 0.15) is 56.9 Å². The highest BCUT2D eigenvalue weighted by Gasteiger charge is 2.38. The van der Waals surface area contributed by atoms with E-state index in [4.69, 9.17) is 10.5 Å². The summed E-state index contributed by atoms with van der Waals surface area (Å²) in [5.41, 5.74) is 7.39. The fourth-order valence-corrected chi connectivity index (χ4v) is 3.36. The van der Waals surface area contributed by atoms with Crippen LogP contribution in [0.5, 0.6) is 5.75 Å². The lowest BCUT2D eigenvalue weighted by molar-refractivity contribution is 0.340. The molecule has 0 amide bonds. The van der Waals surface area contributed by atoms with Crippen LogP contribution in [0.15, 0.2) is 29.3 Å². The number of guanidine groups is 1. The topological polar surface area (TPSA) is 59.6 Å².